The molecule has 2 aliphatic rings. The van der Waals surface area contributed by atoms with Gasteiger partial charge in [-0.15, -0.1) is 0 Å². The number of aromatic nitrogens is 2. The number of morpholine rings is 1. The molecule has 2 atom stereocenters. The second-order valence-electron chi connectivity index (χ2n) is 7.71. The Labute approximate surface area is 169 Å². The lowest BCUT2D eigenvalue weighted by Crippen LogP contribution is -2.37. The third-order valence-corrected chi connectivity index (χ3v) is 5.58. The maximum atomic E-state index is 14.9. The highest BCUT2D eigenvalue weighted by molar-refractivity contribution is 5.77. The lowest BCUT2D eigenvalue weighted by Gasteiger charge is -2.26. The van der Waals surface area contributed by atoms with Crippen molar-refractivity contribution >= 4 is 17.3 Å². The van der Waals surface area contributed by atoms with E-state index < -0.39 is 12.0 Å². The van der Waals surface area contributed by atoms with Crippen LogP contribution in [0.15, 0.2) is 24.5 Å². The Morgan fingerprint density at radius 1 is 1.10 bits per heavy atom. The molecule has 7 nitrogen and oxygen atoms in total. The smallest absolute Gasteiger partial charge is 0.225 e. The molecule has 2 aromatic rings. The number of halogens is 2. The van der Waals surface area contributed by atoms with Crippen LogP contribution in [-0.4, -0.2) is 80.6 Å². The molecule has 156 valence electrons. The summed E-state index contributed by atoms with van der Waals surface area (Å²) < 4.78 is 34.5. The highest BCUT2D eigenvalue weighted by Crippen LogP contribution is 2.34. The van der Waals surface area contributed by atoms with Gasteiger partial charge in [0.2, 0.25) is 5.95 Å². The zero-order chi connectivity index (χ0) is 20.5. The molecule has 0 aliphatic carbocycles. The zero-order valence-electron chi connectivity index (χ0n) is 16.7. The second kappa shape index (κ2) is 8.08. The summed E-state index contributed by atoms with van der Waals surface area (Å²) in [6.07, 6.45) is 2.20. The highest BCUT2D eigenvalue weighted by Gasteiger charge is 2.35. The van der Waals surface area contributed by atoms with Crippen molar-refractivity contribution in [3.05, 3.63) is 30.3 Å². The lowest BCUT2D eigenvalue weighted by molar-refractivity contribution is 0.122. The van der Waals surface area contributed by atoms with E-state index in [1.54, 1.807) is 23.4 Å². The van der Waals surface area contributed by atoms with Crippen LogP contribution in [0.2, 0.25) is 0 Å². The molecule has 2 saturated heterocycles. The molecule has 0 bridgehead atoms. The van der Waals surface area contributed by atoms with E-state index >= 15 is 0 Å². The fourth-order valence-corrected chi connectivity index (χ4v) is 3.89. The SMILES string of the molecule is CN(C)C1CN(c2cc(F)c(-c3cnc(N4CCOCC4)nc3)cc2N)CC1F. The van der Waals surface area contributed by atoms with Crippen LogP contribution in [0, 0.1) is 5.82 Å². The molecule has 9 heteroatoms. The summed E-state index contributed by atoms with van der Waals surface area (Å²) in [5, 5.41) is 0. The molecule has 0 saturated carbocycles. The summed E-state index contributed by atoms with van der Waals surface area (Å²) >= 11 is 0. The van der Waals surface area contributed by atoms with E-state index in [0.29, 0.717) is 48.2 Å². The number of nitrogens with two attached hydrogens (primary N) is 1. The fraction of sp³-hybridized carbons (Fsp3) is 0.500. The number of hydrogen-bond donors (Lipinski definition) is 1. The molecule has 2 aliphatic heterocycles. The minimum atomic E-state index is -1.01. The van der Waals surface area contributed by atoms with Crippen molar-refractivity contribution in [3.63, 3.8) is 0 Å². The molecule has 0 radical (unpaired) electrons. The van der Waals surface area contributed by atoms with Gasteiger partial charge in [0.25, 0.3) is 0 Å². The monoisotopic (exact) mass is 404 g/mol. The molecule has 4 rings (SSSR count). The molecule has 1 aromatic carbocycles. The molecular weight excluding hydrogens is 378 g/mol. The van der Waals surface area contributed by atoms with Crippen molar-refractivity contribution in [2.24, 2.45) is 0 Å². The summed E-state index contributed by atoms with van der Waals surface area (Å²) in [4.78, 5) is 14.4. The van der Waals surface area contributed by atoms with E-state index in [2.05, 4.69) is 9.97 Å². The Hall–Kier alpha value is -2.52. The molecule has 3 heterocycles. The van der Waals surface area contributed by atoms with Crippen LogP contribution in [0.3, 0.4) is 0 Å². The highest BCUT2D eigenvalue weighted by atomic mass is 19.1. The van der Waals surface area contributed by atoms with Gasteiger partial charge in [0.05, 0.1) is 37.2 Å². The Bertz CT molecular complexity index is 857. The number of benzene rings is 1. The van der Waals surface area contributed by atoms with Gasteiger partial charge in [-0.1, -0.05) is 0 Å². The van der Waals surface area contributed by atoms with Crippen LogP contribution < -0.4 is 15.5 Å². The van der Waals surface area contributed by atoms with Gasteiger partial charge in [-0.3, -0.25) is 0 Å². The largest absolute Gasteiger partial charge is 0.397 e. The second-order valence-corrected chi connectivity index (χ2v) is 7.71. The number of hydrogen-bond acceptors (Lipinski definition) is 7. The number of anilines is 3. The average Bonchev–Trinajstić information content (AvgIpc) is 3.12. The molecule has 2 unspecified atom stereocenters. The van der Waals surface area contributed by atoms with Crippen molar-refractivity contribution in [1.82, 2.24) is 14.9 Å². The van der Waals surface area contributed by atoms with Crippen LogP contribution in [0.5, 0.6) is 0 Å². The normalized spacial score (nSPS) is 22.5. The molecular formula is C20H26F2N6O. The number of nitrogens with zero attached hydrogens (tertiary/aromatic N) is 5. The zero-order valence-corrected chi connectivity index (χ0v) is 16.7. The maximum Gasteiger partial charge on any atom is 0.225 e. The minimum Gasteiger partial charge on any atom is -0.397 e. The van der Waals surface area contributed by atoms with Gasteiger partial charge in [0.1, 0.15) is 12.0 Å². The lowest BCUT2D eigenvalue weighted by atomic mass is 10.1. The number of likely N-dealkylation sites (N-methyl/N-ethyl adjacent to an activating group) is 1. The third-order valence-electron chi connectivity index (χ3n) is 5.58. The predicted octanol–water partition coefficient (Wildman–Crippen LogP) is 1.79. The van der Waals surface area contributed by atoms with Gasteiger partial charge in [-0.25, -0.2) is 18.7 Å². The first-order valence-corrected chi connectivity index (χ1v) is 9.73. The summed E-state index contributed by atoms with van der Waals surface area (Å²) in [6.45, 7) is 3.41. The van der Waals surface area contributed by atoms with Crippen molar-refractivity contribution in [3.8, 4) is 11.1 Å². The first-order valence-electron chi connectivity index (χ1n) is 9.73. The summed E-state index contributed by atoms with van der Waals surface area (Å²) in [7, 11) is 3.68. The molecule has 2 N–H and O–H groups in total. The number of rotatable bonds is 4. The van der Waals surface area contributed by atoms with Crippen LogP contribution in [0.1, 0.15) is 0 Å². The maximum absolute atomic E-state index is 14.9. The molecule has 0 amide bonds. The van der Waals surface area contributed by atoms with Crippen LogP contribution in [-0.2, 0) is 4.74 Å². The summed E-state index contributed by atoms with van der Waals surface area (Å²) in [5.74, 6) is 0.170. The number of ether oxygens (including phenoxy) is 1. The van der Waals surface area contributed by atoms with Crippen LogP contribution in [0.4, 0.5) is 26.1 Å². The van der Waals surface area contributed by atoms with Gasteiger partial charge in [-0.2, -0.15) is 0 Å². The fourth-order valence-electron chi connectivity index (χ4n) is 3.89. The van der Waals surface area contributed by atoms with Gasteiger partial charge in [0, 0.05) is 43.2 Å². The van der Waals surface area contributed by atoms with Crippen molar-refractivity contribution in [1.29, 1.82) is 0 Å². The third kappa shape index (κ3) is 3.97. The van der Waals surface area contributed by atoms with Crippen molar-refractivity contribution in [2.75, 3.05) is 69.0 Å². The quantitative estimate of drug-likeness (QED) is 0.779. The van der Waals surface area contributed by atoms with Gasteiger partial charge in [0.15, 0.2) is 0 Å². The van der Waals surface area contributed by atoms with E-state index in [-0.39, 0.29) is 12.6 Å². The van der Waals surface area contributed by atoms with E-state index in [1.165, 1.54) is 6.07 Å². The van der Waals surface area contributed by atoms with Crippen LogP contribution in [0.25, 0.3) is 11.1 Å². The van der Waals surface area contributed by atoms with Gasteiger partial charge >= 0.3 is 0 Å². The topological polar surface area (TPSA) is 70.8 Å². The summed E-state index contributed by atoms with van der Waals surface area (Å²) in [6, 6.07) is 2.72. The van der Waals surface area contributed by atoms with E-state index in [9.17, 15) is 8.78 Å². The molecule has 29 heavy (non-hydrogen) atoms. The van der Waals surface area contributed by atoms with Gasteiger partial charge in [-0.05, 0) is 26.2 Å². The standard InChI is InChI=1S/C20H26F2N6O/c1-26(2)19-12-28(11-16(19)22)18-8-15(21)14(7-17(18)23)13-9-24-20(25-10-13)27-3-5-29-6-4-27/h7-10,16,19H,3-6,11-12,23H2,1-2H3. The molecule has 0 spiro atoms. The predicted molar refractivity (Wildman–Crippen MR) is 109 cm³/mol. The average molecular weight is 404 g/mol. The first-order chi connectivity index (χ1) is 13.9. The van der Waals surface area contributed by atoms with E-state index in [1.807, 2.05) is 23.9 Å². The number of alkyl halides is 1. The Kier molecular flexibility index (Phi) is 5.51. The van der Waals surface area contributed by atoms with E-state index in [0.717, 1.165) is 13.1 Å². The molecule has 2 fully saturated rings. The number of nitrogen functional groups attached to an aromatic ring is 1. The Balaban J connectivity index is 1.56. The first kappa shape index (κ1) is 19.8. The Morgan fingerprint density at radius 2 is 1.79 bits per heavy atom. The van der Waals surface area contributed by atoms with Crippen molar-refractivity contribution in [2.45, 2.75) is 12.2 Å². The Morgan fingerprint density at radius 3 is 2.41 bits per heavy atom. The van der Waals surface area contributed by atoms with Crippen molar-refractivity contribution < 1.29 is 13.5 Å². The molecule has 1 aromatic heterocycles. The van der Waals surface area contributed by atoms with E-state index in [4.69, 9.17) is 10.5 Å². The van der Waals surface area contributed by atoms with Crippen LogP contribution >= 0.6 is 0 Å². The van der Waals surface area contributed by atoms with Gasteiger partial charge < -0.3 is 25.2 Å². The summed E-state index contributed by atoms with van der Waals surface area (Å²) in [5.41, 5.74) is 8.02. The minimum absolute atomic E-state index is 0.198.